The number of aromatic nitrogens is 1. The van der Waals surface area contributed by atoms with Gasteiger partial charge in [-0.1, -0.05) is 18.2 Å². The number of rotatable bonds is 3. The van der Waals surface area contributed by atoms with Gasteiger partial charge in [0.1, 0.15) is 0 Å². The van der Waals surface area contributed by atoms with Crippen LogP contribution in [0.5, 0.6) is 0 Å². The van der Waals surface area contributed by atoms with Crippen molar-refractivity contribution in [3.05, 3.63) is 36.0 Å². The number of likely N-dealkylation sites (tertiary alicyclic amines) is 1. The Balaban J connectivity index is 1.54. The van der Waals surface area contributed by atoms with Gasteiger partial charge in [-0.2, -0.15) is 0 Å². The number of nitrogens with one attached hydrogen (secondary N) is 3. The summed E-state index contributed by atoms with van der Waals surface area (Å²) < 4.78 is 0. The summed E-state index contributed by atoms with van der Waals surface area (Å²) in [5.74, 6) is 0. The first-order chi connectivity index (χ1) is 10.2. The molecule has 2 aromatic rings. The lowest BCUT2D eigenvalue weighted by atomic mass is 10.1. The van der Waals surface area contributed by atoms with Crippen molar-refractivity contribution in [3.63, 3.8) is 0 Å². The van der Waals surface area contributed by atoms with E-state index in [9.17, 15) is 4.79 Å². The topological polar surface area (TPSA) is 60.2 Å². The normalized spacial score (nSPS) is 17.0. The van der Waals surface area contributed by atoms with Gasteiger partial charge in [-0.15, -0.1) is 0 Å². The highest BCUT2D eigenvalue weighted by atomic mass is 16.2. The molecule has 0 atom stereocenters. The van der Waals surface area contributed by atoms with Gasteiger partial charge in [0.2, 0.25) is 0 Å². The number of carbonyl (C=O) groups excluding carboxylic acids is 1. The molecule has 0 spiro atoms. The molecule has 1 aliphatic heterocycles. The summed E-state index contributed by atoms with van der Waals surface area (Å²) in [5.41, 5.74) is 2.46. The molecule has 3 N–H and O–H groups in total. The first-order valence-corrected chi connectivity index (χ1v) is 7.52. The van der Waals surface area contributed by atoms with Crippen LogP contribution in [0.3, 0.4) is 0 Å². The summed E-state index contributed by atoms with van der Waals surface area (Å²) in [6, 6.07) is 10.8. The molecule has 1 aliphatic rings. The first kappa shape index (κ1) is 13.9. The molecule has 21 heavy (non-hydrogen) atoms. The van der Waals surface area contributed by atoms with Crippen LogP contribution in [-0.2, 0) is 6.54 Å². The second kappa shape index (κ2) is 6.18. The number of amides is 2. The molecule has 2 amide bonds. The van der Waals surface area contributed by atoms with Crippen LogP contribution in [0.15, 0.2) is 30.3 Å². The maximum Gasteiger partial charge on any atom is 0.314 e. The van der Waals surface area contributed by atoms with Gasteiger partial charge in [-0.3, -0.25) is 4.90 Å². The summed E-state index contributed by atoms with van der Waals surface area (Å²) in [6.45, 7) is 2.98. The van der Waals surface area contributed by atoms with Gasteiger partial charge >= 0.3 is 6.03 Å². The standard InChI is InChI=1S/C16H22N4O/c1-17-16(21)19-13-6-8-20(9-7-13)11-14-10-12-4-2-3-5-15(12)18-14/h2-5,10,13,18H,6-9,11H2,1H3,(H2,17,19,21). The van der Waals surface area contributed by atoms with Crippen LogP contribution < -0.4 is 10.6 Å². The van der Waals surface area contributed by atoms with Crippen molar-refractivity contribution < 1.29 is 4.79 Å². The highest BCUT2D eigenvalue weighted by Gasteiger charge is 2.20. The largest absolute Gasteiger partial charge is 0.357 e. The van der Waals surface area contributed by atoms with E-state index in [2.05, 4.69) is 50.8 Å². The number of piperidine rings is 1. The molecule has 112 valence electrons. The van der Waals surface area contributed by atoms with E-state index in [4.69, 9.17) is 0 Å². The summed E-state index contributed by atoms with van der Waals surface area (Å²) >= 11 is 0. The van der Waals surface area contributed by atoms with Crippen molar-refractivity contribution in [1.29, 1.82) is 0 Å². The van der Waals surface area contributed by atoms with E-state index in [-0.39, 0.29) is 6.03 Å². The number of hydrogen-bond acceptors (Lipinski definition) is 2. The fourth-order valence-electron chi connectivity index (χ4n) is 2.95. The zero-order valence-corrected chi connectivity index (χ0v) is 12.4. The van der Waals surface area contributed by atoms with Crippen molar-refractivity contribution in [1.82, 2.24) is 20.5 Å². The van der Waals surface area contributed by atoms with Crippen LogP contribution in [0.1, 0.15) is 18.5 Å². The monoisotopic (exact) mass is 286 g/mol. The van der Waals surface area contributed by atoms with Gasteiger partial charge in [0, 0.05) is 43.9 Å². The van der Waals surface area contributed by atoms with Crippen molar-refractivity contribution in [2.24, 2.45) is 0 Å². The maximum atomic E-state index is 11.3. The average molecular weight is 286 g/mol. The predicted molar refractivity (Wildman–Crippen MR) is 84.2 cm³/mol. The molecule has 0 bridgehead atoms. The Kier molecular flexibility index (Phi) is 4.10. The van der Waals surface area contributed by atoms with E-state index < -0.39 is 0 Å². The lowest BCUT2D eigenvalue weighted by Crippen LogP contribution is -2.46. The van der Waals surface area contributed by atoms with Gasteiger partial charge in [0.15, 0.2) is 0 Å². The fourth-order valence-corrected chi connectivity index (χ4v) is 2.95. The van der Waals surface area contributed by atoms with Gasteiger partial charge in [-0.25, -0.2) is 4.79 Å². The predicted octanol–water partition coefficient (Wildman–Crippen LogP) is 2.06. The Morgan fingerprint density at radius 3 is 2.81 bits per heavy atom. The molecular formula is C16H22N4O. The van der Waals surface area contributed by atoms with Gasteiger partial charge in [0.05, 0.1) is 0 Å². The molecule has 5 heteroatoms. The summed E-state index contributed by atoms with van der Waals surface area (Å²) in [7, 11) is 1.65. The molecular weight excluding hydrogens is 264 g/mol. The minimum absolute atomic E-state index is 0.0796. The zero-order valence-electron chi connectivity index (χ0n) is 12.4. The lowest BCUT2D eigenvalue weighted by molar-refractivity contribution is 0.186. The van der Waals surface area contributed by atoms with E-state index in [0.29, 0.717) is 6.04 Å². The van der Waals surface area contributed by atoms with Crippen LogP contribution in [0, 0.1) is 0 Å². The minimum atomic E-state index is -0.0796. The highest BCUT2D eigenvalue weighted by molar-refractivity contribution is 5.80. The number of nitrogens with zero attached hydrogens (tertiary/aromatic N) is 1. The second-order valence-corrected chi connectivity index (χ2v) is 5.66. The van der Waals surface area contributed by atoms with Crippen LogP contribution in [0.2, 0.25) is 0 Å². The first-order valence-electron chi connectivity index (χ1n) is 7.52. The quantitative estimate of drug-likeness (QED) is 0.809. The van der Waals surface area contributed by atoms with Crippen molar-refractivity contribution in [3.8, 4) is 0 Å². The number of carbonyl (C=O) groups is 1. The van der Waals surface area contributed by atoms with Gasteiger partial charge in [-0.05, 0) is 30.4 Å². The van der Waals surface area contributed by atoms with Crippen molar-refractivity contribution >= 4 is 16.9 Å². The number of para-hydroxylation sites is 1. The third-order valence-corrected chi connectivity index (χ3v) is 4.13. The molecule has 3 rings (SSSR count). The number of H-pyrrole nitrogens is 1. The third-order valence-electron chi connectivity index (χ3n) is 4.13. The average Bonchev–Trinajstić information content (AvgIpc) is 2.91. The van der Waals surface area contributed by atoms with Crippen LogP contribution in [0.25, 0.3) is 10.9 Å². The number of fused-ring (bicyclic) bond motifs is 1. The van der Waals surface area contributed by atoms with E-state index in [1.54, 1.807) is 7.05 Å². The Hall–Kier alpha value is -2.01. The molecule has 5 nitrogen and oxygen atoms in total. The highest BCUT2D eigenvalue weighted by Crippen LogP contribution is 2.18. The molecule has 0 unspecified atom stereocenters. The Morgan fingerprint density at radius 2 is 2.10 bits per heavy atom. The van der Waals surface area contributed by atoms with Crippen LogP contribution in [-0.4, -0.2) is 42.1 Å². The molecule has 1 aromatic heterocycles. The Labute approximate surface area is 124 Å². The summed E-state index contributed by atoms with van der Waals surface area (Å²) in [4.78, 5) is 17.2. The minimum Gasteiger partial charge on any atom is -0.357 e. The maximum absolute atomic E-state index is 11.3. The van der Waals surface area contributed by atoms with E-state index >= 15 is 0 Å². The number of hydrogen-bond donors (Lipinski definition) is 3. The summed E-state index contributed by atoms with van der Waals surface area (Å²) in [6.07, 6.45) is 2.02. The second-order valence-electron chi connectivity index (χ2n) is 5.66. The number of aromatic amines is 1. The molecule has 0 radical (unpaired) electrons. The zero-order chi connectivity index (χ0) is 14.7. The van der Waals surface area contributed by atoms with E-state index in [0.717, 1.165) is 32.5 Å². The molecule has 1 aromatic carbocycles. The van der Waals surface area contributed by atoms with E-state index in [1.165, 1.54) is 16.6 Å². The Morgan fingerprint density at radius 1 is 1.33 bits per heavy atom. The third kappa shape index (κ3) is 3.36. The van der Waals surface area contributed by atoms with Crippen LogP contribution >= 0.6 is 0 Å². The van der Waals surface area contributed by atoms with Crippen LogP contribution in [0.4, 0.5) is 4.79 Å². The fraction of sp³-hybridized carbons (Fsp3) is 0.438. The molecule has 1 fully saturated rings. The van der Waals surface area contributed by atoms with E-state index in [1.807, 2.05) is 0 Å². The van der Waals surface area contributed by atoms with Crippen molar-refractivity contribution in [2.45, 2.75) is 25.4 Å². The van der Waals surface area contributed by atoms with Gasteiger partial charge in [0.25, 0.3) is 0 Å². The molecule has 1 saturated heterocycles. The summed E-state index contributed by atoms with van der Waals surface area (Å²) in [5, 5.41) is 6.87. The van der Waals surface area contributed by atoms with Gasteiger partial charge < -0.3 is 15.6 Å². The number of urea groups is 1. The molecule has 0 saturated carbocycles. The molecule has 0 aliphatic carbocycles. The smallest absolute Gasteiger partial charge is 0.314 e. The number of benzene rings is 1. The SMILES string of the molecule is CNC(=O)NC1CCN(Cc2cc3ccccc3[nH]2)CC1. The lowest BCUT2D eigenvalue weighted by Gasteiger charge is -2.31. The molecule has 2 heterocycles. The van der Waals surface area contributed by atoms with Crippen molar-refractivity contribution in [2.75, 3.05) is 20.1 Å². The Bertz CT molecular complexity index is 581.